The van der Waals surface area contributed by atoms with Gasteiger partial charge in [-0.2, -0.15) is 0 Å². The highest BCUT2D eigenvalue weighted by molar-refractivity contribution is 9.10. The predicted octanol–water partition coefficient (Wildman–Crippen LogP) is 3.66. The fourth-order valence-electron chi connectivity index (χ4n) is 2.22. The number of methoxy groups -OCH3 is 1. The van der Waals surface area contributed by atoms with Crippen molar-refractivity contribution in [3.63, 3.8) is 0 Å². The van der Waals surface area contributed by atoms with Gasteiger partial charge in [0.25, 0.3) is 0 Å². The third-order valence-corrected chi connectivity index (χ3v) is 4.19. The van der Waals surface area contributed by atoms with Crippen LogP contribution in [0.25, 0.3) is 16.9 Å². The number of ether oxygens (including phenoxy) is 1. The van der Waals surface area contributed by atoms with E-state index in [1.54, 1.807) is 7.11 Å². The zero-order chi connectivity index (χ0) is 14.3. The lowest BCUT2D eigenvalue weighted by atomic mass is 10.1. The number of aryl methyl sites for hydroxylation is 1. The molecule has 0 radical (unpaired) electrons. The zero-order valence-corrected chi connectivity index (χ0v) is 12.8. The highest BCUT2D eigenvalue weighted by atomic mass is 79.9. The van der Waals surface area contributed by atoms with Gasteiger partial charge in [-0.05, 0) is 36.8 Å². The smallest absolute Gasteiger partial charge is 0.181 e. The second-order valence-corrected chi connectivity index (χ2v) is 5.43. The van der Waals surface area contributed by atoms with E-state index >= 15 is 0 Å². The minimum Gasteiger partial charge on any atom is -0.493 e. The Morgan fingerprint density at radius 1 is 1.30 bits per heavy atom. The third-order valence-electron chi connectivity index (χ3n) is 3.30. The monoisotopic (exact) mass is 331 g/mol. The van der Waals surface area contributed by atoms with Crippen LogP contribution in [0.15, 0.2) is 41.0 Å². The molecule has 0 aliphatic rings. The molecule has 0 atom stereocenters. The number of pyridine rings is 1. The van der Waals surface area contributed by atoms with Crippen molar-refractivity contribution in [3.05, 3.63) is 46.6 Å². The summed E-state index contributed by atoms with van der Waals surface area (Å²) in [5.74, 6) is 1.32. The first-order valence-electron chi connectivity index (χ1n) is 6.19. The summed E-state index contributed by atoms with van der Waals surface area (Å²) in [6, 6.07) is 9.83. The van der Waals surface area contributed by atoms with Gasteiger partial charge in [0, 0.05) is 16.2 Å². The van der Waals surface area contributed by atoms with Crippen molar-refractivity contribution < 1.29 is 4.74 Å². The van der Waals surface area contributed by atoms with Gasteiger partial charge in [0.05, 0.1) is 7.11 Å². The molecule has 20 heavy (non-hydrogen) atoms. The Morgan fingerprint density at radius 3 is 2.80 bits per heavy atom. The van der Waals surface area contributed by atoms with E-state index < -0.39 is 0 Å². The van der Waals surface area contributed by atoms with Crippen molar-refractivity contribution in [2.24, 2.45) is 0 Å². The van der Waals surface area contributed by atoms with E-state index in [1.807, 2.05) is 41.8 Å². The van der Waals surface area contributed by atoms with E-state index in [2.05, 4.69) is 27.0 Å². The molecule has 2 aromatic heterocycles. The molecule has 2 N–H and O–H groups in total. The summed E-state index contributed by atoms with van der Waals surface area (Å²) in [6.45, 7) is 2.04. The molecule has 0 fully saturated rings. The van der Waals surface area contributed by atoms with Gasteiger partial charge < -0.3 is 10.5 Å². The van der Waals surface area contributed by atoms with E-state index in [4.69, 9.17) is 10.5 Å². The van der Waals surface area contributed by atoms with Crippen LogP contribution in [-0.2, 0) is 0 Å². The average molecular weight is 332 g/mol. The van der Waals surface area contributed by atoms with Crippen molar-refractivity contribution in [3.8, 4) is 17.0 Å². The molecule has 102 valence electrons. The molecule has 0 aliphatic carbocycles. The highest BCUT2D eigenvalue weighted by Crippen LogP contribution is 2.31. The molecule has 3 aromatic rings. The Balaban J connectivity index is 2.26. The van der Waals surface area contributed by atoms with Crippen LogP contribution in [0.1, 0.15) is 5.56 Å². The summed E-state index contributed by atoms with van der Waals surface area (Å²) in [7, 11) is 1.63. The molecule has 1 aromatic carbocycles. The van der Waals surface area contributed by atoms with Crippen molar-refractivity contribution in [1.29, 1.82) is 0 Å². The van der Waals surface area contributed by atoms with E-state index in [1.165, 1.54) is 0 Å². The van der Waals surface area contributed by atoms with E-state index in [0.29, 0.717) is 11.6 Å². The first-order valence-corrected chi connectivity index (χ1v) is 6.98. The number of imidazole rings is 1. The van der Waals surface area contributed by atoms with Crippen molar-refractivity contribution >= 4 is 27.4 Å². The molecule has 0 saturated heterocycles. The number of aromatic nitrogens is 2. The predicted molar refractivity (Wildman–Crippen MR) is 84.0 cm³/mol. The number of benzene rings is 1. The summed E-state index contributed by atoms with van der Waals surface area (Å²) in [4.78, 5) is 4.62. The standard InChI is InChI=1S/C15H14BrN3O/c1-9-8-10(5-6-11(9)16)13-14(17)19-7-3-4-12(20-2)15(19)18-13/h3-8H,17H2,1-2H3. The maximum Gasteiger partial charge on any atom is 0.181 e. The van der Waals surface area contributed by atoms with Crippen LogP contribution in [-0.4, -0.2) is 16.5 Å². The van der Waals surface area contributed by atoms with E-state index in [-0.39, 0.29) is 0 Å². The fraction of sp³-hybridized carbons (Fsp3) is 0.133. The Labute approximate surface area is 125 Å². The molecule has 0 saturated carbocycles. The van der Waals surface area contributed by atoms with Crippen LogP contribution in [0.5, 0.6) is 5.75 Å². The van der Waals surface area contributed by atoms with Crippen LogP contribution >= 0.6 is 15.9 Å². The van der Waals surface area contributed by atoms with Gasteiger partial charge in [-0.25, -0.2) is 4.98 Å². The van der Waals surface area contributed by atoms with Crippen molar-refractivity contribution in [2.45, 2.75) is 6.92 Å². The normalized spacial score (nSPS) is 10.9. The molecule has 5 heteroatoms. The number of halogens is 1. The second-order valence-electron chi connectivity index (χ2n) is 4.58. The van der Waals surface area contributed by atoms with Crippen LogP contribution in [0, 0.1) is 6.92 Å². The maximum absolute atomic E-state index is 6.22. The van der Waals surface area contributed by atoms with Gasteiger partial charge in [0.15, 0.2) is 11.4 Å². The summed E-state index contributed by atoms with van der Waals surface area (Å²) < 4.78 is 8.24. The van der Waals surface area contributed by atoms with Gasteiger partial charge in [-0.1, -0.05) is 22.0 Å². The Morgan fingerprint density at radius 2 is 2.10 bits per heavy atom. The second kappa shape index (κ2) is 4.83. The Bertz CT molecular complexity index is 795. The number of fused-ring (bicyclic) bond motifs is 1. The van der Waals surface area contributed by atoms with Gasteiger partial charge in [-0.3, -0.25) is 4.40 Å². The molecule has 0 aliphatic heterocycles. The molecule has 2 heterocycles. The zero-order valence-electron chi connectivity index (χ0n) is 11.2. The van der Waals surface area contributed by atoms with E-state index in [0.717, 1.165) is 26.9 Å². The van der Waals surface area contributed by atoms with Crippen LogP contribution < -0.4 is 10.5 Å². The largest absolute Gasteiger partial charge is 0.493 e. The van der Waals surface area contributed by atoms with Crippen molar-refractivity contribution in [2.75, 3.05) is 12.8 Å². The molecular weight excluding hydrogens is 318 g/mol. The SMILES string of the molecule is COc1cccn2c(N)c(-c3ccc(Br)c(C)c3)nc12. The number of nitrogens with zero attached hydrogens (tertiary/aromatic N) is 2. The van der Waals surface area contributed by atoms with Crippen LogP contribution in [0.3, 0.4) is 0 Å². The van der Waals surface area contributed by atoms with Gasteiger partial charge in [0.1, 0.15) is 11.5 Å². The number of hydrogen-bond acceptors (Lipinski definition) is 3. The van der Waals surface area contributed by atoms with Gasteiger partial charge in [0.2, 0.25) is 0 Å². The number of nitrogen functional groups attached to an aromatic ring is 1. The molecule has 4 nitrogen and oxygen atoms in total. The fourth-order valence-corrected chi connectivity index (χ4v) is 2.47. The molecule has 0 bridgehead atoms. The third kappa shape index (κ3) is 1.94. The lowest BCUT2D eigenvalue weighted by Crippen LogP contribution is -1.95. The number of hydrogen-bond donors (Lipinski definition) is 1. The molecule has 0 spiro atoms. The number of anilines is 1. The van der Waals surface area contributed by atoms with E-state index in [9.17, 15) is 0 Å². The highest BCUT2D eigenvalue weighted by Gasteiger charge is 2.14. The minimum absolute atomic E-state index is 0.612. The molecule has 0 unspecified atom stereocenters. The Kier molecular flexibility index (Phi) is 3.14. The quantitative estimate of drug-likeness (QED) is 0.779. The molecular formula is C15H14BrN3O. The number of nitrogens with two attached hydrogens (primary N) is 1. The summed E-state index contributed by atoms with van der Waals surface area (Å²) >= 11 is 3.50. The first kappa shape index (κ1) is 13.0. The Hall–Kier alpha value is -2.01. The average Bonchev–Trinajstić information content (AvgIpc) is 2.79. The first-order chi connectivity index (χ1) is 9.61. The topological polar surface area (TPSA) is 52.5 Å². The number of rotatable bonds is 2. The van der Waals surface area contributed by atoms with Gasteiger partial charge in [-0.15, -0.1) is 0 Å². The summed E-state index contributed by atoms with van der Waals surface area (Å²) in [5, 5.41) is 0. The molecule has 3 rings (SSSR count). The van der Waals surface area contributed by atoms with Crippen molar-refractivity contribution in [1.82, 2.24) is 9.38 Å². The minimum atomic E-state index is 0.612. The lowest BCUT2D eigenvalue weighted by Gasteiger charge is -2.03. The van der Waals surface area contributed by atoms with Crippen LogP contribution in [0.4, 0.5) is 5.82 Å². The van der Waals surface area contributed by atoms with Crippen LogP contribution in [0.2, 0.25) is 0 Å². The summed E-state index contributed by atoms with van der Waals surface area (Å²) in [6.07, 6.45) is 1.88. The van der Waals surface area contributed by atoms with Gasteiger partial charge >= 0.3 is 0 Å². The lowest BCUT2D eigenvalue weighted by molar-refractivity contribution is 0.417. The molecule has 0 amide bonds. The summed E-state index contributed by atoms with van der Waals surface area (Å²) in [5.41, 5.74) is 9.85. The maximum atomic E-state index is 6.22.